The summed E-state index contributed by atoms with van der Waals surface area (Å²) in [4.78, 5) is 16.8. The fourth-order valence-corrected chi connectivity index (χ4v) is 2.94. The van der Waals surface area contributed by atoms with Gasteiger partial charge in [-0.15, -0.1) is 0 Å². The number of methoxy groups -OCH3 is 1. The van der Waals surface area contributed by atoms with Crippen LogP contribution in [0.25, 0.3) is 0 Å². The first kappa shape index (κ1) is 18.7. The second-order valence-corrected chi connectivity index (χ2v) is 6.59. The summed E-state index contributed by atoms with van der Waals surface area (Å²) in [7, 11) is 1.58. The molecule has 3 aromatic rings. The number of amides is 1. The van der Waals surface area contributed by atoms with Gasteiger partial charge in [-0.3, -0.25) is 9.78 Å². The number of ether oxygens (including phenoxy) is 1. The van der Waals surface area contributed by atoms with Gasteiger partial charge in [-0.1, -0.05) is 29.8 Å². The molecule has 0 saturated heterocycles. The molecule has 0 bridgehead atoms. The van der Waals surface area contributed by atoms with Crippen LogP contribution in [0.2, 0.25) is 5.02 Å². The number of nitrogens with zero attached hydrogens (tertiary/aromatic N) is 1. The number of pyridine rings is 1. The Labute approximate surface area is 163 Å². The Balaban J connectivity index is 1.83. The van der Waals surface area contributed by atoms with Crippen LogP contribution in [-0.4, -0.2) is 18.0 Å². The molecule has 2 N–H and O–H groups in total. The van der Waals surface area contributed by atoms with Crippen LogP contribution >= 0.6 is 11.6 Å². The fraction of sp³-hybridized carbons (Fsp3) is 0.143. The number of anilines is 3. The van der Waals surface area contributed by atoms with Crippen molar-refractivity contribution in [3.8, 4) is 5.75 Å². The standard InChI is InChI=1S/C21H20ClN3O2/c1-13-5-4-6-14(2)20(13)25-21(26)15-9-17(12-23-11-15)24-18-10-16(22)7-8-19(18)27-3/h4-12,24H,1-3H3,(H,25,26). The van der Waals surface area contributed by atoms with Crippen molar-refractivity contribution in [2.75, 3.05) is 17.7 Å². The van der Waals surface area contributed by atoms with Gasteiger partial charge in [0.05, 0.1) is 30.2 Å². The molecule has 1 amide bonds. The zero-order valence-electron chi connectivity index (χ0n) is 15.3. The number of aromatic nitrogens is 1. The number of aryl methyl sites for hydroxylation is 2. The number of hydrogen-bond acceptors (Lipinski definition) is 4. The maximum absolute atomic E-state index is 12.7. The summed E-state index contributed by atoms with van der Waals surface area (Å²) in [6.07, 6.45) is 3.17. The van der Waals surface area contributed by atoms with Gasteiger partial charge < -0.3 is 15.4 Å². The van der Waals surface area contributed by atoms with Gasteiger partial charge in [0.25, 0.3) is 5.91 Å². The van der Waals surface area contributed by atoms with E-state index in [0.717, 1.165) is 16.8 Å². The first-order valence-electron chi connectivity index (χ1n) is 8.41. The molecule has 0 aliphatic carbocycles. The average molecular weight is 382 g/mol. The van der Waals surface area contributed by atoms with Crippen LogP contribution in [0.4, 0.5) is 17.1 Å². The lowest BCUT2D eigenvalue weighted by molar-refractivity contribution is 0.102. The zero-order chi connectivity index (χ0) is 19.4. The van der Waals surface area contributed by atoms with Crippen LogP contribution in [0.3, 0.4) is 0 Å². The molecule has 0 fully saturated rings. The Morgan fingerprint density at radius 2 is 1.81 bits per heavy atom. The number of nitrogens with one attached hydrogen (secondary N) is 2. The molecule has 1 aromatic heterocycles. The van der Waals surface area contributed by atoms with Crippen molar-refractivity contribution in [2.45, 2.75) is 13.8 Å². The predicted molar refractivity (Wildman–Crippen MR) is 109 cm³/mol. The minimum atomic E-state index is -0.221. The van der Waals surface area contributed by atoms with E-state index in [1.54, 1.807) is 37.6 Å². The lowest BCUT2D eigenvalue weighted by Crippen LogP contribution is -2.14. The molecule has 138 valence electrons. The maximum atomic E-state index is 12.7. The molecule has 0 spiro atoms. The average Bonchev–Trinajstić information content (AvgIpc) is 2.65. The molecule has 6 heteroatoms. The minimum absolute atomic E-state index is 0.221. The Hall–Kier alpha value is -3.05. The lowest BCUT2D eigenvalue weighted by atomic mass is 10.1. The third kappa shape index (κ3) is 4.38. The number of para-hydroxylation sites is 1. The Morgan fingerprint density at radius 3 is 2.52 bits per heavy atom. The molecule has 27 heavy (non-hydrogen) atoms. The van der Waals surface area contributed by atoms with Crippen molar-refractivity contribution in [3.05, 3.63) is 76.6 Å². The summed E-state index contributed by atoms with van der Waals surface area (Å²) in [5, 5.41) is 6.74. The highest BCUT2D eigenvalue weighted by atomic mass is 35.5. The number of hydrogen-bond donors (Lipinski definition) is 2. The number of rotatable bonds is 5. The summed E-state index contributed by atoms with van der Waals surface area (Å²) >= 11 is 6.07. The first-order chi connectivity index (χ1) is 13.0. The van der Waals surface area contributed by atoms with E-state index in [-0.39, 0.29) is 5.91 Å². The molecule has 0 atom stereocenters. The van der Waals surface area contributed by atoms with Gasteiger partial charge in [-0.25, -0.2) is 0 Å². The SMILES string of the molecule is COc1ccc(Cl)cc1Nc1cncc(C(=O)Nc2c(C)cccc2C)c1. The van der Waals surface area contributed by atoms with Crippen LogP contribution in [0, 0.1) is 13.8 Å². The third-order valence-corrected chi connectivity index (χ3v) is 4.40. The van der Waals surface area contributed by atoms with Gasteiger partial charge in [0.15, 0.2) is 0 Å². The van der Waals surface area contributed by atoms with E-state index < -0.39 is 0 Å². The quantitative estimate of drug-likeness (QED) is 0.624. The van der Waals surface area contributed by atoms with E-state index in [1.807, 2.05) is 32.0 Å². The van der Waals surface area contributed by atoms with Gasteiger partial charge in [0, 0.05) is 16.9 Å². The van der Waals surface area contributed by atoms with Crippen molar-refractivity contribution >= 4 is 34.6 Å². The Kier molecular flexibility index (Phi) is 5.62. The van der Waals surface area contributed by atoms with Gasteiger partial charge in [-0.2, -0.15) is 0 Å². The number of halogens is 1. The zero-order valence-corrected chi connectivity index (χ0v) is 16.1. The molecular weight excluding hydrogens is 362 g/mol. The molecule has 2 aromatic carbocycles. The Morgan fingerprint density at radius 1 is 1.07 bits per heavy atom. The van der Waals surface area contributed by atoms with Crippen molar-refractivity contribution in [1.82, 2.24) is 4.98 Å². The highest BCUT2D eigenvalue weighted by Crippen LogP contribution is 2.30. The summed E-state index contributed by atoms with van der Waals surface area (Å²) in [5.74, 6) is 0.423. The normalized spacial score (nSPS) is 10.4. The van der Waals surface area contributed by atoms with Crippen LogP contribution in [-0.2, 0) is 0 Å². The second-order valence-electron chi connectivity index (χ2n) is 6.15. The summed E-state index contributed by atoms with van der Waals surface area (Å²) in [5.41, 5.74) is 4.63. The van der Waals surface area contributed by atoms with Crippen molar-refractivity contribution in [3.63, 3.8) is 0 Å². The number of benzene rings is 2. The van der Waals surface area contributed by atoms with Crippen LogP contribution < -0.4 is 15.4 Å². The Bertz CT molecular complexity index is 969. The molecule has 1 heterocycles. The molecule has 0 saturated carbocycles. The van der Waals surface area contributed by atoms with Gasteiger partial charge in [0.1, 0.15) is 5.75 Å². The monoisotopic (exact) mass is 381 g/mol. The fourth-order valence-electron chi connectivity index (χ4n) is 2.76. The first-order valence-corrected chi connectivity index (χ1v) is 8.79. The van der Waals surface area contributed by atoms with Crippen LogP contribution in [0.5, 0.6) is 5.75 Å². The van der Waals surface area contributed by atoms with Gasteiger partial charge in [0.2, 0.25) is 0 Å². The van der Waals surface area contributed by atoms with Crippen molar-refractivity contribution in [2.24, 2.45) is 0 Å². The van der Waals surface area contributed by atoms with E-state index in [2.05, 4.69) is 15.6 Å². The van der Waals surface area contributed by atoms with E-state index in [1.165, 1.54) is 6.20 Å². The maximum Gasteiger partial charge on any atom is 0.257 e. The summed E-state index contributed by atoms with van der Waals surface area (Å²) < 4.78 is 5.33. The van der Waals surface area contributed by atoms with Crippen molar-refractivity contribution in [1.29, 1.82) is 0 Å². The largest absolute Gasteiger partial charge is 0.495 e. The second kappa shape index (κ2) is 8.10. The molecule has 0 aliphatic heterocycles. The van der Waals surface area contributed by atoms with Gasteiger partial charge in [-0.05, 0) is 49.2 Å². The third-order valence-electron chi connectivity index (χ3n) is 4.16. The highest BCUT2D eigenvalue weighted by molar-refractivity contribution is 6.31. The van der Waals surface area contributed by atoms with Crippen molar-refractivity contribution < 1.29 is 9.53 Å². The molecule has 0 aliphatic rings. The summed E-state index contributed by atoms with van der Waals surface area (Å²) in [6.45, 7) is 3.93. The smallest absolute Gasteiger partial charge is 0.257 e. The molecular formula is C21H20ClN3O2. The van der Waals surface area contributed by atoms with E-state index >= 15 is 0 Å². The molecule has 5 nitrogen and oxygen atoms in total. The van der Waals surface area contributed by atoms with E-state index in [9.17, 15) is 4.79 Å². The van der Waals surface area contributed by atoms with E-state index in [4.69, 9.17) is 16.3 Å². The number of carbonyl (C=O) groups excluding carboxylic acids is 1. The van der Waals surface area contributed by atoms with Crippen LogP contribution in [0.1, 0.15) is 21.5 Å². The molecule has 0 unspecified atom stereocenters. The van der Waals surface area contributed by atoms with Crippen LogP contribution in [0.15, 0.2) is 54.9 Å². The predicted octanol–water partition coefficient (Wildman–Crippen LogP) is 5.36. The molecule has 0 radical (unpaired) electrons. The minimum Gasteiger partial charge on any atom is -0.495 e. The lowest BCUT2D eigenvalue weighted by Gasteiger charge is -2.13. The topological polar surface area (TPSA) is 63.2 Å². The number of carbonyl (C=O) groups is 1. The summed E-state index contributed by atoms with van der Waals surface area (Å²) in [6, 6.07) is 12.9. The van der Waals surface area contributed by atoms with Gasteiger partial charge >= 0.3 is 0 Å². The highest BCUT2D eigenvalue weighted by Gasteiger charge is 2.12. The van der Waals surface area contributed by atoms with E-state index in [0.29, 0.717) is 27.7 Å². The molecule has 3 rings (SSSR count).